The maximum atomic E-state index is 13.0. The normalized spacial score (nSPS) is 13.8. The molecule has 2 amide bonds. The van der Waals surface area contributed by atoms with E-state index in [1.54, 1.807) is 12.1 Å². The second-order valence-corrected chi connectivity index (χ2v) is 9.29. The molecule has 0 spiro atoms. The molecule has 10 heteroatoms. The molecule has 0 aliphatic carbocycles. The minimum atomic E-state index is -0.342. The fraction of sp³-hybridized carbons (Fsp3) is 0.296. The number of fused-ring (bicyclic) bond motifs is 1. The van der Waals surface area contributed by atoms with E-state index in [4.69, 9.17) is 14.8 Å². The third-order valence-electron chi connectivity index (χ3n) is 6.08. The molecular formula is C27H30FN7O2. The van der Waals surface area contributed by atoms with Gasteiger partial charge in [0, 0.05) is 43.6 Å². The van der Waals surface area contributed by atoms with E-state index in [2.05, 4.69) is 26.5 Å². The van der Waals surface area contributed by atoms with Gasteiger partial charge in [-0.3, -0.25) is 0 Å². The van der Waals surface area contributed by atoms with Crippen molar-refractivity contribution >= 4 is 23.1 Å². The van der Waals surface area contributed by atoms with Crippen LogP contribution in [0.1, 0.15) is 11.1 Å². The number of carbonyl (C=O) groups excluding carboxylic acids is 1. The van der Waals surface area contributed by atoms with Crippen molar-refractivity contribution in [2.75, 3.05) is 50.6 Å². The molecule has 192 valence electrons. The van der Waals surface area contributed by atoms with Gasteiger partial charge in [-0.05, 0) is 67.7 Å². The Morgan fingerprint density at radius 1 is 1.05 bits per heavy atom. The van der Waals surface area contributed by atoms with Crippen molar-refractivity contribution in [3.05, 3.63) is 77.7 Å². The molecule has 3 heterocycles. The molecule has 5 rings (SSSR count). The molecule has 1 aliphatic heterocycles. The first-order valence-corrected chi connectivity index (χ1v) is 12.2. The lowest BCUT2D eigenvalue weighted by Crippen LogP contribution is -2.37. The van der Waals surface area contributed by atoms with Crippen LogP contribution in [0, 0.1) is 5.82 Å². The van der Waals surface area contributed by atoms with Crippen molar-refractivity contribution in [1.82, 2.24) is 24.8 Å². The van der Waals surface area contributed by atoms with Crippen molar-refractivity contribution in [3.8, 4) is 11.4 Å². The van der Waals surface area contributed by atoms with E-state index in [1.807, 2.05) is 49.1 Å². The Morgan fingerprint density at radius 3 is 2.49 bits per heavy atom. The van der Waals surface area contributed by atoms with Crippen LogP contribution in [0.2, 0.25) is 0 Å². The summed E-state index contributed by atoms with van der Waals surface area (Å²) in [6.07, 6.45) is 2.05. The first kappa shape index (κ1) is 24.7. The third kappa shape index (κ3) is 6.04. The molecule has 0 bridgehead atoms. The first-order valence-electron chi connectivity index (χ1n) is 12.2. The average molecular weight is 504 g/mol. The number of ether oxygens (including phenoxy) is 1. The van der Waals surface area contributed by atoms with Gasteiger partial charge in [-0.2, -0.15) is 0 Å². The number of urea groups is 1. The summed E-state index contributed by atoms with van der Waals surface area (Å²) in [5.41, 5.74) is 4.44. The maximum Gasteiger partial charge on any atom is 0.319 e. The molecule has 4 aromatic rings. The summed E-state index contributed by atoms with van der Waals surface area (Å²) in [5.74, 6) is 1.19. The zero-order valence-corrected chi connectivity index (χ0v) is 20.9. The topological polar surface area (TPSA) is 87.0 Å². The maximum absolute atomic E-state index is 13.0. The van der Waals surface area contributed by atoms with Crippen LogP contribution in [0.4, 0.5) is 20.7 Å². The highest BCUT2D eigenvalue weighted by Gasteiger charge is 2.19. The minimum Gasteiger partial charge on any atom is -0.378 e. The monoisotopic (exact) mass is 503 g/mol. The van der Waals surface area contributed by atoms with Crippen LogP contribution < -0.4 is 15.5 Å². The van der Waals surface area contributed by atoms with E-state index >= 15 is 0 Å². The second-order valence-electron chi connectivity index (χ2n) is 9.29. The molecule has 2 aromatic carbocycles. The summed E-state index contributed by atoms with van der Waals surface area (Å²) in [6, 6.07) is 15.2. The minimum absolute atomic E-state index is 0.301. The SMILES string of the molecule is CN(C)Cc1cc2c(N3CCOCC3)nc(-c3ccc(NC(=O)NCc4ccc(F)cc4)cc3)nn2c1. The molecule has 1 saturated heterocycles. The van der Waals surface area contributed by atoms with E-state index in [0.717, 1.165) is 47.7 Å². The van der Waals surface area contributed by atoms with Crippen LogP contribution in [0.25, 0.3) is 16.9 Å². The highest BCUT2D eigenvalue weighted by atomic mass is 19.1. The largest absolute Gasteiger partial charge is 0.378 e. The zero-order chi connectivity index (χ0) is 25.8. The van der Waals surface area contributed by atoms with Crippen LogP contribution in [-0.2, 0) is 17.8 Å². The highest BCUT2D eigenvalue weighted by molar-refractivity contribution is 5.89. The van der Waals surface area contributed by atoms with Gasteiger partial charge >= 0.3 is 6.03 Å². The Morgan fingerprint density at radius 2 is 1.78 bits per heavy atom. The fourth-order valence-electron chi connectivity index (χ4n) is 4.28. The van der Waals surface area contributed by atoms with E-state index in [1.165, 1.54) is 12.1 Å². The predicted molar refractivity (Wildman–Crippen MR) is 141 cm³/mol. The van der Waals surface area contributed by atoms with Crippen LogP contribution in [0.15, 0.2) is 60.8 Å². The number of aromatic nitrogens is 3. The van der Waals surface area contributed by atoms with Crippen LogP contribution >= 0.6 is 0 Å². The van der Waals surface area contributed by atoms with Crippen LogP contribution in [-0.4, -0.2) is 65.9 Å². The summed E-state index contributed by atoms with van der Waals surface area (Å²) in [5, 5.41) is 10.4. The summed E-state index contributed by atoms with van der Waals surface area (Å²) >= 11 is 0. The average Bonchev–Trinajstić information content (AvgIpc) is 3.30. The zero-order valence-electron chi connectivity index (χ0n) is 20.9. The number of amides is 2. The van der Waals surface area contributed by atoms with Gasteiger partial charge in [-0.15, -0.1) is 5.10 Å². The number of morpholine rings is 1. The van der Waals surface area contributed by atoms with Crippen molar-refractivity contribution < 1.29 is 13.9 Å². The van der Waals surface area contributed by atoms with Gasteiger partial charge in [0.15, 0.2) is 11.6 Å². The Balaban J connectivity index is 1.34. The van der Waals surface area contributed by atoms with Crippen LogP contribution in [0.5, 0.6) is 0 Å². The summed E-state index contributed by atoms with van der Waals surface area (Å²) in [6.45, 7) is 3.99. The summed E-state index contributed by atoms with van der Waals surface area (Å²) in [7, 11) is 4.09. The summed E-state index contributed by atoms with van der Waals surface area (Å²) in [4.78, 5) is 21.6. The third-order valence-corrected chi connectivity index (χ3v) is 6.08. The van der Waals surface area contributed by atoms with Crippen molar-refractivity contribution in [2.45, 2.75) is 13.1 Å². The number of hydrogen-bond acceptors (Lipinski definition) is 6. The predicted octanol–water partition coefficient (Wildman–Crippen LogP) is 3.76. The number of benzene rings is 2. The van der Waals surface area contributed by atoms with Gasteiger partial charge in [-0.25, -0.2) is 18.7 Å². The second kappa shape index (κ2) is 10.9. The van der Waals surface area contributed by atoms with Gasteiger partial charge in [0.2, 0.25) is 0 Å². The quantitative estimate of drug-likeness (QED) is 0.400. The van der Waals surface area contributed by atoms with Gasteiger partial charge in [0.25, 0.3) is 0 Å². The van der Waals surface area contributed by atoms with Crippen molar-refractivity contribution in [1.29, 1.82) is 0 Å². The van der Waals surface area contributed by atoms with Gasteiger partial charge in [0.1, 0.15) is 11.3 Å². The lowest BCUT2D eigenvalue weighted by Gasteiger charge is -2.28. The van der Waals surface area contributed by atoms with Gasteiger partial charge in [-0.1, -0.05) is 12.1 Å². The van der Waals surface area contributed by atoms with Gasteiger partial charge in [0.05, 0.1) is 13.2 Å². The molecule has 1 fully saturated rings. The standard InChI is InChI=1S/C27H30FN7O2/c1-33(2)17-20-15-24-26(34-11-13-37-14-12-34)31-25(32-35(24)18-20)21-5-9-23(10-6-21)30-27(36)29-16-19-3-7-22(28)8-4-19/h3-10,15,18H,11-14,16-17H2,1-2H3,(H2,29,30,36). The van der Waals surface area contributed by atoms with Gasteiger partial charge < -0.3 is 25.2 Å². The number of hydrogen-bond donors (Lipinski definition) is 2. The molecule has 0 atom stereocenters. The smallest absolute Gasteiger partial charge is 0.319 e. The molecule has 9 nitrogen and oxygen atoms in total. The molecule has 37 heavy (non-hydrogen) atoms. The van der Waals surface area contributed by atoms with Crippen molar-refractivity contribution in [2.24, 2.45) is 0 Å². The Kier molecular flexibility index (Phi) is 7.29. The number of nitrogens with one attached hydrogen (secondary N) is 2. The lowest BCUT2D eigenvalue weighted by molar-refractivity contribution is 0.122. The van der Waals surface area contributed by atoms with Crippen molar-refractivity contribution in [3.63, 3.8) is 0 Å². The number of nitrogens with zero attached hydrogens (tertiary/aromatic N) is 5. The van der Waals surface area contributed by atoms with E-state index in [9.17, 15) is 9.18 Å². The fourth-order valence-corrected chi connectivity index (χ4v) is 4.28. The molecule has 2 N–H and O–H groups in total. The lowest BCUT2D eigenvalue weighted by atomic mass is 10.2. The molecule has 0 saturated carbocycles. The Bertz CT molecular complexity index is 1360. The summed E-state index contributed by atoms with van der Waals surface area (Å²) < 4.78 is 20.5. The van der Waals surface area contributed by atoms with Crippen LogP contribution in [0.3, 0.4) is 0 Å². The highest BCUT2D eigenvalue weighted by Crippen LogP contribution is 2.27. The first-order chi connectivity index (χ1) is 17.9. The number of anilines is 2. The Hall–Kier alpha value is -4.02. The van der Waals surface area contributed by atoms with E-state index in [-0.39, 0.29) is 11.8 Å². The molecular weight excluding hydrogens is 473 g/mol. The Labute approximate surface area is 214 Å². The molecule has 0 unspecified atom stereocenters. The number of rotatable bonds is 7. The molecule has 2 aromatic heterocycles. The van der Waals surface area contributed by atoms with E-state index in [0.29, 0.717) is 31.3 Å². The molecule has 1 aliphatic rings. The number of halogens is 1. The number of carbonyl (C=O) groups is 1. The van der Waals surface area contributed by atoms with E-state index < -0.39 is 0 Å². The molecule has 0 radical (unpaired) electrons.